The van der Waals surface area contributed by atoms with E-state index in [4.69, 9.17) is 27.2 Å². The van der Waals surface area contributed by atoms with Crippen LogP contribution < -0.4 is 10.5 Å². The van der Waals surface area contributed by atoms with E-state index in [9.17, 15) is 4.39 Å². The molecule has 3 N–H and O–H groups in total. The summed E-state index contributed by atoms with van der Waals surface area (Å²) in [6.07, 6.45) is 3.09. The van der Waals surface area contributed by atoms with Crippen molar-refractivity contribution in [1.29, 1.82) is 0 Å². The fourth-order valence-electron chi connectivity index (χ4n) is 2.22. The number of nitrogens with zero attached hydrogens (tertiary/aromatic N) is 3. The van der Waals surface area contributed by atoms with Crippen LogP contribution in [-0.4, -0.2) is 32.5 Å². The number of aromatic nitrogens is 3. The SMILES string of the molecule is N[C@H](CO)Cn1ccc(-c2cccc(Oc3ncc(Cl)cc3F)c2)n1. The molecule has 6 nitrogen and oxygen atoms in total. The van der Waals surface area contributed by atoms with Crippen LogP contribution in [0.2, 0.25) is 5.02 Å². The van der Waals surface area contributed by atoms with E-state index in [0.29, 0.717) is 18.0 Å². The van der Waals surface area contributed by atoms with Gasteiger partial charge in [0, 0.05) is 24.0 Å². The van der Waals surface area contributed by atoms with E-state index in [1.807, 2.05) is 12.1 Å². The van der Waals surface area contributed by atoms with Crippen molar-refractivity contribution in [1.82, 2.24) is 14.8 Å². The first kappa shape index (κ1) is 17.3. The van der Waals surface area contributed by atoms with Gasteiger partial charge in [-0.1, -0.05) is 23.7 Å². The molecule has 0 amide bonds. The second-order valence-electron chi connectivity index (χ2n) is 5.44. The first-order valence-corrected chi connectivity index (χ1v) is 7.92. The van der Waals surface area contributed by atoms with Crippen LogP contribution in [0.15, 0.2) is 48.8 Å². The van der Waals surface area contributed by atoms with Gasteiger partial charge in [-0.05, 0) is 24.3 Å². The normalized spacial score (nSPS) is 12.2. The lowest BCUT2D eigenvalue weighted by Gasteiger charge is -2.08. The summed E-state index contributed by atoms with van der Waals surface area (Å²) in [7, 11) is 0. The molecule has 0 aliphatic rings. The molecule has 0 bridgehead atoms. The zero-order valence-electron chi connectivity index (χ0n) is 13.1. The number of benzene rings is 1. The van der Waals surface area contributed by atoms with Gasteiger partial charge in [-0.15, -0.1) is 0 Å². The molecule has 3 aromatic rings. The largest absolute Gasteiger partial charge is 0.436 e. The minimum absolute atomic E-state index is 0.113. The summed E-state index contributed by atoms with van der Waals surface area (Å²) in [6, 6.07) is 9.64. The van der Waals surface area contributed by atoms with Crippen molar-refractivity contribution in [3.63, 3.8) is 0 Å². The predicted molar refractivity (Wildman–Crippen MR) is 92.0 cm³/mol. The van der Waals surface area contributed by atoms with Gasteiger partial charge >= 0.3 is 0 Å². The van der Waals surface area contributed by atoms with Crippen molar-refractivity contribution in [3.8, 4) is 22.9 Å². The number of aliphatic hydroxyl groups excluding tert-OH is 1. The molecule has 0 unspecified atom stereocenters. The second kappa shape index (κ2) is 7.60. The minimum Gasteiger partial charge on any atom is -0.436 e. The zero-order valence-corrected chi connectivity index (χ0v) is 13.9. The standard InChI is InChI=1S/C17H16ClFN4O2/c18-12-7-15(19)17(21-8-12)25-14-3-1-2-11(6-14)16-4-5-23(22-16)9-13(20)10-24/h1-8,13,24H,9-10,20H2/t13-/m0/s1. The van der Waals surface area contributed by atoms with Gasteiger partial charge in [-0.2, -0.15) is 5.10 Å². The van der Waals surface area contributed by atoms with E-state index in [1.54, 1.807) is 29.1 Å². The second-order valence-corrected chi connectivity index (χ2v) is 5.87. The topological polar surface area (TPSA) is 86.2 Å². The summed E-state index contributed by atoms with van der Waals surface area (Å²) in [4.78, 5) is 3.84. The van der Waals surface area contributed by atoms with Crippen molar-refractivity contribution < 1.29 is 14.2 Å². The fourth-order valence-corrected chi connectivity index (χ4v) is 2.37. The van der Waals surface area contributed by atoms with Gasteiger partial charge in [0.25, 0.3) is 5.88 Å². The third-order valence-corrected chi connectivity index (χ3v) is 3.62. The van der Waals surface area contributed by atoms with Gasteiger partial charge in [-0.25, -0.2) is 9.37 Å². The first-order valence-electron chi connectivity index (χ1n) is 7.54. The average Bonchev–Trinajstić information content (AvgIpc) is 3.06. The molecule has 3 rings (SSSR count). The highest BCUT2D eigenvalue weighted by Gasteiger charge is 2.10. The van der Waals surface area contributed by atoms with Crippen LogP contribution in [0.1, 0.15) is 0 Å². The molecule has 0 saturated heterocycles. The van der Waals surface area contributed by atoms with Crippen LogP contribution >= 0.6 is 11.6 Å². The number of hydrogen-bond acceptors (Lipinski definition) is 5. The summed E-state index contributed by atoms with van der Waals surface area (Å²) < 4.78 is 20.9. The van der Waals surface area contributed by atoms with E-state index in [1.165, 1.54) is 6.20 Å². The molecule has 1 aromatic carbocycles. The lowest BCUT2D eigenvalue weighted by atomic mass is 10.1. The summed E-state index contributed by atoms with van der Waals surface area (Å²) in [5.41, 5.74) is 7.21. The molecule has 25 heavy (non-hydrogen) atoms. The maximum absolute atomic E-state index is 13.8. The molecular formula is C17H16ClFN4O2. The number of aliphatic hydroxyl groups is 1. The van der Waals surface area contributed by atoms with Crippen molar-refractivity contribution in [3.05, 3.63) is 59.6 Å². The lowest BCUT2D eigenvalue weighted by molar-refractivity contribution is 0.251. The monoisotopic (exact) mass is 362 g/mol. The first-order chi connectivity index (χ1) is 12.0. The van der Waals surface area contributed by atoms with Crippen LogP contribution in [0.4, 0.5) is 4.39 Å². The average molecular weight is 363 g/mol. The Morgan fingerprint density at radius 1 is 1.32 bits per heavy atom. The van der Waals surface area contributed by atoms with Gasteiger partial charge < -0.3 is 15.6 Å². The highest BCUT2D eigenvalue weighted by atomic mass is 35.5. The Morgan fingerprint density at radius 3 is 2.92 bits per heavy atom. The van der Waals surface area contributed by atoms with E-state index >= 15 is 0 Å². The fraction of sp³-hybridized carbons (Fsp3) is 0.176. The lowest BCUT2D eigenvalue weighted by Crippen LogP contribution is -2.30. The molecule has 2 heterocycles. The Labute approximate surface area is 148 Å². The molecule has 0 aliphatic carbocycles. The third-order valence-electron chi connectivity index (χ3n) is 3.42. The van der Waals surface area contributed by atoms with E-state index in [-0.39, 0.29) is 23.6 Å². The van der Waals surface area contributed by atoms with Crippen molar-refractivity contribution in [2.24, 2.45) is 5.73 Å². The van der Waals surface area contributed by atoms with Gasteiger partial charge in [0.2, 0.25) is 0 Å². The maximum atomic E-state index is 13.8. The van der Waals surface area contributed by atoms with E-state index in [2.05, 4.69) is 10.1 Å². The Hall–Kier alpha value is -2.48. The van der Waals surface area contributed by atoms with Gasteiger partial charge in [0.1, 0.15) is 5.75 Å². The quantitative estimate of drug-likeness (QED) is 0.704. The van der Waals surface area contributed by atoms with Gasteiger partial charge in [0.05, 0.1) is 23.9 Å². The molecule has 0 saturated carbocycles. The van der Waals surface area contributed by atoms with E-state index in [0.717, 1.165) is 11.6 Å². The Bertz CT molecular complexity index is 871. The molecule has 0 spiro atoms. The Kier molecular flexibility index (Phi) is 5.28. The molecule has 0 aliphatic heterocycles. The molecule has 8 heteroatoms. The maximum Gasteiger partial charge on any atom is 0.255 e. The van der Waals surface area contributed by atoms with Crippen LogP contribution in [0.5, 0.6) is 11.6 Å². The third kappa shape index (κ3) is 4.33. The molecule has 1 atom stereocenters. The summed E-state index contributed by atoms with van der Waals surface area (Å²) in [6.45, 7) is 0.296. The number of rotatable bonds is 6. The smallest absolute Gasteiger partial charge is 0.255 e. The highest BCUT2D eigenvalue weighted by Crippen LogP contribution is 2.27. The minimum atomic E-state index is -0.639. The molecule has 130 valence electrons. The number of nitrogens with two attached hydrogens (primary N) is 1. The van der Waals surface area contributed by atoms with Crippen molar-refractivity contribution in [2.45, 2.75) is 12.6 Å². The number of hydrogen-bond donors (Lipinski definition) is 2. The highest BCUT2D eigenvalue weighted by molar-refractivity contribution is 6.30. The zero-order chi connectivity index (χ0) is 17.8. The Morgan fingerprint density at radius 2 is 2.16 bits per heavy atom. The number of pyridine rings is 1. The van der Waals surface area contributed by atoms with Crippen LogP contribution in [-0.2, 0) is 6.54 Å². The summed E-state index contributed by atoms with van der Waals surface area (Å²) in [5, 5.41) is 13.6. The van der Waals surface area contributed by atoms with Gasteiger partial charge in [-0.3, -0.25) is 4.68 Å². The summed E-state index contributed by atoms with van der Waals surface area (Å²) in [5.74, 6) is -0.367. The van der Waals surface area contributed by atoms with Crippen LogP contribution in [0, 0.1) is 5.82 Å². The number of halogens is 2. The van der Waals surface area contributed by atoms with Crippen LogP contribution in [0.3, 0.4) is 0 Å². The van der Waals surface area contributed by atoms with E-state index < -0.39 is 5.82 Å². The van der Waals surface area contributed by atoms with Crippen LogP contribution in [0.25, 0.3) is 11.3 Å². The predicted octanol–water partition coefficient (Wildman–Crippen LogP) is 2.85. The Balaban J connectivity index is 1.79. The molecule has 0 radical (unpaired) electrons. The van der Waals surface area contributed by atoms with Crippen molar-refractivity contribution >= 4 is 11.6 Å². The molecule has 2 aromatic heterocycles. The molecule has 0 fully saturated rings. The summed E-state index contributed by atoms with van der Waals surface area (Å²) >= 11 is 5.68. The molecular weight excluding hydrogens is 347 g/mol. The number of ether oxygens (including phenoxy) is 1. The van der Waals surface area contributed by atoms with Crippen molar-refractivity contribution in [2.75, 3.05) is 6.61 Å². The van der Waals surface area contributed by atoms with Gasteiger partial charge in [0.15, 0.2) is 5.82 Å².